The van der Waals surface area contributed by atoms with Crippen molar-refractivity contribution in [1.29, 1.82) is 0 Å². The van der Waals surface area contributed by atoms with Crippen LogP contribution in [-0.4, -0.2) is 43.8 Å². The standard InChI is InChI=1S/C14H15NO4S/c1-20(17,18)11-6-7-15(9-11)14(16)13-8-10-4-2-3-5-12(10)19-13/h2-5,8,11H,6-7,9H2,1H3. The van der Waals surface area contributed by atoms with Gasteiger partial charge in [-0.25, -0.2) is 8.42 Å². The average molecular weight is 293 g/mol. The van der Waals surface area contributed by atoms with E-state index < -0.39 is 15.1 Å². The summed E-state index contributed by atoms with van der Waals surface area (Å²) in [6.45, 7) is 0.697. The second-order valence-electron chi connectivity index (χ2n) is 5.14. The fourth-order valence-corrected chi connectivity index (χ4v) is 3.49. The highest BCUT2D eigenvalue weighted by Gasteiger charge is 2.33. The predicted octanol–water partition coefficient (Wildman–Crippen LogP) is 1.69. The van der Waals surface area contributed by atoms with E-state index in [1.807, 2.05) is 18.2 Å². The molecule has 1 aliphatic heterocycles. The van der Waals surface area contributed by atoms with E-state index in [9.17, 15) is 13.2 Å². The van der Waals surface area contributed by atoms with Crippen LogP contribution in [0.4, 0.5) is 0 Å². The van der Waals surface area contributed by atoms with Gasteiger partial charge in [0.2, 0.25) is 0 Å². The van der Waals surface area contributed by atoms with E-state index in [0.29, 0.717) is 18.5 Å². The predicted molar refractivity (Wildman–Crippen MR) is 75.4 cm³/mol. The van der Waals surface area contributed by atoms with Crippen LogP contribution in [0.3, 0.4) is 0 Å². The quantitative estimate of drug-likeness (QED) is 0.845. The lowest BCUT2D eigenvalue weighted by molar-refractivity contribution is 0.0764. The number of sulfone groups is 1. The Balaban J connectivity index is 1.83. The second-order valence-corrected chi connectivity index (χ2v) is 7.47. The number of rotatable bonds is 2. The molecular formula is C14H15NO4S. The highest BCUT2D eigenvalue weighted by atomic mass is 32.2. The average Bonchev–Trinajstić information content (AvgIpc) is 3.04. The summed E-state index contributed by atoms with van der Waals surface area (Å²) in [5.74, 6) is 0.0210. The molecule has 0 saturated carbocycles. The first-order valence-corrected chi connectivity index (χ1v) is 8.37. The molecular weight excluding hydrogens is 278 g/mol. The summed E-state index contributed by atoms with van der Waals surface area (Å²) < 4.78 is 28.6. The molecule has 0 radical (unpaired) electrons. The van der Waals surface area contributed by atoms with Gasteiger partial charge in [-0.3, -0.25) is 4.79 Å². The molecule has 0 spiro atoms. The van der Waals surface area contributed by atoms with Crippen molar-refractivity contribution in [3.05, 3.63) is 36.1 Å². The van der Waals surface area contributed by atoms with Crippen molar-refractivity contribution in [2.75, 3.05) is 19.3 Å². The number of likely N-dealkylation sites (tertiary alicyclic amines) is 1. The third-order valence-corrected chi connectivity index (χ3v) is 5.27. The zero-order valence-electron chi connectivity index (χ0n) is 11.1. The largest absolute Gasteiger partial charge is 0.451 e. The van der Waals surface area contributed by atoms with Gasteiger partial charge in [-0.05, 0) is 18.6 Å². The number of para-hydroxylation sites is 1. The molecule has 1 atom stereocenters. The van der Waals surface area contributed by atoms with Gasteiger partial charge in [0.1, 0.15) is 5.58 Å². The molecule has 20 heavy (non-hydrogen) atoms. The zero-order chi connectivity index (χ0) is 14.3. The first-order chi connectivity index (χ1) is 9.45. The van der Waals surface area contributed by atoms with E-state index in [-0.39, 0.29) is 18.2 Å². The molecule has 1 unspecified atom stereocenters. The molecule has 2 heterocycles. The lowest BCUT2D eigenvalue weighted by atomic mass is 10.2. The number of nitrogens with zero attached hydrogens (tertiary/aromatic N) is 1. The van der Waals surface area contributed by atoms with Gasteiger partial charge in [0.25, 0.3) is 5.91 Å². The van der Waals surface area contributed by atoms with Crippen LogP contribution in [0, 0.1) is 0 Å². The first kappa shape index (κ1) is 13.2. The minimum absolute atomic E-state index is 0.243. The SMILES string of the molecule is CS(=O)(=O)C1CCN(C(=O)c2cc3ccccc3o2)C1. The van der Waals surface area contributed by atoms with E-state index in [0.717, 1.165) is 5.39 Å². The number of amides is 1. The van der Waals surface area contributed by atoms with Crippen molar-refractivity contribution in [3.8, 4) is 0 Å². The fraction of sp³-hybridized carbons (Fsp3) is 0.357. The number of hydrogen-bond donors (Lipinski definition) is 0. The highest BCUT2D eigenvalue weighted by molar-refractivity contribution is 7.91. The van der Waals surface area contributed by atoms with Gasteiger partial charge in [-0.2, -0.15) is 0 Å². The number of fused-ring (bicyclic) bond motifs is 1. The lowest BCUT2D eigenvalue weighted by Crippen LogP contribution is -2.31. The van der Waals surface area contributed by atoms with E-state index >= 15 is 0 Å². The van der Waals surface area contributed by atoms with Gasteiger partial charge in [-0.15, -0.1) is 0 Å². The van der Waals surface area contributed by atoms with Gasteiger partial charge in [0.15, 0.2) is 15.6 Å². The maximum Gasteiger partial charge on any atom is 0.289 e. The molecule has 5 nitrogen and oxygen atoms in total. The van der Waals surface area contributed by atoms with Crippen molar-refractivity contribution in [1.82, 2.24) is 4.90 Å². The number of benzene rings is 1. The monoisotopic (exact) mass is 293 g/mol. The topological polar surface area (TPSA) is 67.6 Å². The van der Waals surface area contributed by atoms with E-state index in [4.69, 9.17) is 4.42 Å². The van der Waals surface area contributed by atoms with Crippen LogP contribution >= 0.6 is 0 Å². The van der Waals surface area contributed by atoms with Crippen LogP contribution < -0.4 is 0 Å². The molecule has 1 aromatic carbocycles. The molecule has 106 valence electrons. The van der Waals surface area contributed by atoms with Gasteiger partial charge in [0.05, 0.1) is 5.25 Å². The molecule has 1 saturated heterocycles. The maximum absolute atomic E-state index is 12.3. The molecule has 1 amide bonds. The third-order valence-electron chi connectivity index (χ3n) is 3.67. The number of hydrogen-bond acceptors (Lipinski definition) is 4. The van der Waals surface area contributed by atoms with E-state index in [1.165, 1.54) is 6.26 Å². The third kappa shape index (κ3) is 2.31. The van der Waals surface area contributed by atoms with Gasteiger partial charge in [0, 0.05) is 24.7 Å². The van der Waals surface area contributed by atoms with Gasteiger partial charge in [-0.1, -0.05) is 18.2 Å². The zero-order valence-corrected chi connectivity index (χ0v) is 11.9. The fourth-order valence-electron chi connectivity index (χ4n) is 2.51. The number of carbonyl (C=O) groups is 1. The van der Waals surface area contributed by atoms with Gasteiger partial charge < -0.3 is 9.32 Å². The Hall–Kier alpha value is -1.82. The van der Waals surface area contributed by atoms with Crippen molar-refractivity contribution in [2.45, 2.75) is 11.7 Å². The van der Waals surface area contributed by atoms with Gasteiger partial charge >= 0.3 is 0 Å². The first-order valence-electron chi connectivity index (χ1n) is 6.42. The van der Waals surface area contributed by atoms with Crippen molar-refractivity contribution >= 4 is 26.7 Å². The summed E-state index contributed by atoms with van der Waals surface area (Å²) in [5.41, 5.74) is 0.662. The molecule has 3 rings (SSSR count). The molecule has 1 fully saturated rings. The van der Waals surface area contributed by atoms with Crippen LogP contribution in [-0.2, 0) is 9.84 Å². The Kier molecular flexibility index (Phi) is 3.05. The maximum atomic E-state index is 12.3. The molecule has 2 aromatic rings. The van der Waals surface area contributed by atoms with Crippen molar-refractivity contribution in [3.63, 3.8) is 0 Å². The van der Waals surface area contributed by atoms with E-state index in [1.54, 1.807) is 17.0 Å². The van der Waals surface area contributed by atoms with Crippen LogP contribution in [0.2, 0.25) is 0 Å². The molecule has 0 aliphatic carbocycles. The molecule has 1 aromatic heterocycles. The molecule has 0 N–H and O–H groups in total. The lowest BCUT2D eigenvalue weighted by Gasteiger charge is -2.14. The molecule has 1 aliphatic rings. The Morgan fingerprint density at radius 2 is 2.10 bits per heavy atom. The summed E-state index contributed by atoms with van der Waals surface area (Å²) in [6, 6.07) is 9.09. The Morgan fingerprint density at radius 3 is 2.75 bits per heavy atom. The summed E-state index contributed by atoms with van der Waals surface area (Å²) in [6.07, 6.45) is 1.71. The summed E-state index contributed by atoms with van der Waals surface area (Å²) in [7, 11) is -3.10. The smallest absolute Gasteiger partial charge is 0.289 e. The highest BCUT2D eigenvalue weighted by Crippen LogP contribution is 2.23. The van der Waals surface area contributed by atoms with E-state index in [2.05, 4.69) is 0 Å². The van der Waals surface area contributed by atoms with Crippen molar-refractivity contribution < 1.29 is 17.6 Å². The Bertz CT molecular complexity index is 729. The van der Waals surface area contributed by atoms with Crippen molar-refractivity contribution in [2.24, 2.45) is 0 Å². The van der Waals surface area contributed by atoms with Crippen LogP contribution in [0.25, 0.3) is 11.0 Å². The summed E-state index contributed by atoms with van der Waals surface area (Å²) in [4.78, 5) is 13.9. The number of carbonyl (C=O) groups excluding carboxylic acids is 1. The minimum Gasteiger partial charge on any atom is -0.451 e. The normalized spacial score (nSPS) is 19.6. The Morgan fingerprint density at radius 1 is 1.35 bits per heavy atom. The summed E-state index contributed by atoms with van der Waals surface area (Å²) >= 11 is 0. The molecule has 6 heteroatoms. The van der Waals surface area contributed by atoms with Crippen LogP contribution in [0.1, 0.15) is 17.0 Å². The molecule has 0 bridgehead atoms. The Labute approximate surface area is 117 Å². The van der Waals surface area contributed by atoms with Crippen LogP contribution in [0.5, 0.6) is 0 Å². The number of furan rings is 1. The summed E-state index contributed by atoms with van der Waals surface area (Å²) in [5, 5.41) is 0.408. The minimum atomic E-state index is -3.10. The van der Waals surface area contributed by atoms with Crippen LogP contribution in [0.15, 0.2) is 34.7 Å². The second kappa shape index (κ2) is 4.63.